The average Bonchev–Trinajstić information content (AvgIpc) is 3.22. The monoisotopic (exact) mass is 409 g/mol. The molecule has 1 amide bonds. The summed E-state index contributed by atoms with van der Waals surface area (Å²) < 4.78 is 1.79. The Morgan fingerprint density at radius 1 is 0.871 bits per heavy atom. The minimum atomic E-state index is -0.275. The lowest BCUT2D eigenvalue weighted by molar-refractivity contribution is 0.0945. The Balaban J connectivity index is 1.93. The van der Waals surface area contributed by atoms with Gasteiger partial charge in [-0.3, -0.25) is 4.79 Å². The van der Waals surface area contributed by atoms with Crippen LogP contribution in [0.3, 0.4) is 0 Å². The molecule has 0 radical (unpaired) electrons. The Hall–Kier alpha value is -3.96. The molecule has 5 heteroatoms. The molecule has 1 heterocycles. The van der Waals surface area contributed by atoms with Gasteiger partial charge in [0.15, 0.2) is 0 Å². The fourth-order valence-corrected chi connectivity index (χ4v) is 3.37. The van der Waals surface area contributed by atoms with Crippen LogP contribution in [0.25, 0.3) is 29.1 Å². The molecule has 0 atom stereocenters. The molecule has 4 aromatic rings. The number of hydrogen-bond donors (Lipinski definition) is 2. The number of amides is 1. The number of carbonyl (C=O) groups excluding carboxylic acids is 1. The zero-order valence-electron chi connectivity index (χ0n) is 17.0. The number of nitrogens with one attached hydrogen (secondary N) is 1. The fraction of sp³-hybridized carbons (Fsp3) is 0.0769. The highest BCUT2D eigenvalue weighted by Gasteiger charge is 2.24. The van der Waals surface area contributed by atoms with Crippen LogP contribution in [0.15, 0.2) is 91.0 Å². The van der Waals surface area contributed by atoms with Crippen LogP contribution in [0.1, 0.15) is 21.6 Å². The number of aliphatic hydroxyl groups excluding tert-OH is 1. The van der Waals surface area contributed by atoms with Gasteiger partial charge >= 0.3 is 0 Å². The van der Waals surface area contributed by atoms with Crippen molar-refractivity contribution < 1.29 is 9.90 Å². The maximum absolute atomic E-state index is 13.2. The molecule has 0 saturated carbocycles. The van der Waals surface area contributed by atoms with Gasteiger partial charge in [0.25, 0.3) is 5.91 Å². The zero-order valence-corrected chi connectivity index (χ0v) is 17.0. The van der Waals surface area contributed by atoms with E-state index in [4.69, 9.17) is 5.10 Å². The van der Waals surface area contributed by atoms with E-state index in [9.17, 15) is 9.90 Å². The van der Waals surface area contributed by atoms with Gasteiger partial charge in [0.2, 0.25) is 0 Å². The number of hydrogen-bond acceptors (Lipinski definition) is 3. The number of rotatable bonds is 7. The molecular weight excluding hydrogens is 386 g/mol. The third kappa shape index (κ3) is 4.63. The first-order valence-corrected chi connectivity index (χ1v) is 10.1. The predicted molar refractivity (Wildman–Crippen MR) is 124 cm³/mol. The molecule has 0 bridgehead atoms. The molecule has 1 aromatic heterocycles. The number of benzene rings is 3. The van der Waals surface area contributed by atoms with Crippen LogP contribution in [0.2, 0.25) is 0 Å². The zero-order chi connectivity index (χ0) is 21.5. The first-order chi connectivity index (χ1) is 15.3. The summed E-state index contributed by atoms with van der Waals surface area (Å²) in [6, 6.07) is 29.3. The van der Waals surface area contributed by atoms with Gasteiger partial charge in [0.05, 0.1) is 23.6 Å². The van der Waals surface area contributed by atoms with E-state index >= 15 is 0 Å². The smallest absolute Gasteiger partial charge is 0.255 e. The quantitative estimate of drug-likeness (QED) is 0.474. The van der Waals surface area contributed by atoms with Crippen LogP contribution in [0.5, 0.6) is 0 Å². The molecular formula is C26H23N3O2. The summed E-state index contributed by atoms with van der Waals surface area (Å²) in [5, 5.41) is 16.8. The van der Waals surface area contributed by atoms with Crippen molar-refractivity contribution in [2.24, 2.45) is 0 Å². The van der Waals surface area contributed by atoms with E-state index in [1.165, 1.54) is 0 Å². The Labute approximate surface area is 181 Å². The molecule has 4 rings (SSSR count). The van der Waals surface area contributed by atoms with Crippen molar-refractivity contribution in [3.05, 3.63) is 108 Å². The van der Waals surface area contributed by atoms with E-state index in [-0.39, 0.29) is 19.1 Å². The number of nitrogens with zero attached hydrogens (tertiary/aromatic N) is 2. The molecule has 5 nitrogen and oxygen atoms in total. The van der Waals surface area contributed by atoms with E-state index in [0.717, 1.165) is 16.8 Å². The van der Waals surface area contributed by atoms with Gasteiger partial charge in [-0.1, -0.05) is 84.9 Å². The molecule has 0 unspecified atom stereocenters. The van der Waals surface area contributed by atoms with E-state index in [0.29, 0.717) is 17.0 Å². The summed E-state index contributed by atoms with van der Waals surface area (Å²) in [4.78, 5) is 13.2. The molecule has 3 aromatic carbocycles. The van der Waals surface area contributed by atoms with Gasteiger partial charge in [-0.15, -0.1) is 0 Å². The highest BCUT2D eigenvalue weighted by atomic mass is 16.3. The first kappa shape index (κ1) is 20.3. The van der Waals surface area contributed by atoms with E-state index < -0.39 is 0 Å². The highest BCUT2D eigenvalue weighted by molar-refractivity contribution is 6.03. The third-order valence-electron chi connectivity index (χ3n) is 4.83. The van der Waals surface area contributed by atoms with Gasteiger partial charge < -0.3 is 10.4 Å². The Bertz CT molecular complexity index is 1170. The standard InChI is InChI=1S/C26H23N3O2/c30-19-18-27-26(31)24-23(17-16-20-10-4-1-5-11-20)29(22-14-8-3-9-15-22)28-25(24)21-12-6-2-7-13-21/h1-17,30H,18-19H2,(H,27,31)/b17-16+. The van der Waals surface area contributed by atoms with Gasteiger partial charge in [-0.25, -0.2) is 4.68 Å². The molecule has 0 aliphatic carbocycles. The van der Waals surface area contributed by atoms with Crippen molar-refractivity contribution in [3.63, 3.8) is 0 Å². The Morgan fingerprint density at radius 2 is 1.48 bits per heavy atom. The minimum Gasteiger partial charge on any atom is -0.395 e. The van der Waals surface area contributed by atoms with Crippen molar-refractivity contribution in [2.45, 2.75) is 0 Å². The summed E-state index contributed by atoms with van der Waals surface area (Å²) in [6.45, 7) is 0.0415. The number of aliphatic hydroxyl groups is 1. The van der Waals surface area contributed by atoms with Gasteiger partial charge in [-0.2, -0.15) is 5.10 Å². The van der Waals surface area contributed by atoms with Crippen LogP contribution in [-0.4, -0.2) is 33.9 Å². The number of para-hydroxylation sites is 1. The van der Waals surface area contributed by atoms with Crippen LogP contribution in [0.4, 0.5) is 0 Å². The minimum absolute atomic E-state index is 0.131. The molecule has 0 aliphatic heterocycles. The lowest BCUT2D eigenvalue weighted by Crippen LogP contribution is -2.27. The summed E-state index contributed by atoms with van der Waals surface area (Å²) >= 11 is 0. The Morgan fingerprint density at radius 3 is 2.13 bits per heavy atom. The maximum atomic E-state index is 13.2. The fourth-order valence-electron chi connectivity index (χ4n) is 3.37. The number of aromatic nitrogens is 2. The summed E-state index contributed by atoms with van der Waals surface area (Å²) in [7, 11) is 0. The average molecular weight is 409 g/mol. The van der Waals surface area contributed by atoms with Crippen LogP contribution >= 0.6 is 0 Å². The van der Waals surface area contributed by atoms with E-state index in [1.807, 2.05) is 103 Å². The molecule has 0 spiro atoms. The second kappa shape index (κ2) is 9.69. The number of carbonyl (C=O) groups is 1. The van der Waals surface area contributed by atoms with Crippen molar-refractivity contribution in [3.8, 4) is 16.9 Å². The van der Waals surface area contributed by atoms with E-state index in [1.54, 1.807) is 4.68 Å². The molecule has 0 aliphatic rings. The molecule has 0 saturated heterocycles. The van der Waals surface area contributed by atoms with Crippen LogP contribution < -0.4 is 5.32 Å². The normalized spacial score (nSPS) is 11.0. The highest BCUT2D eigenvalue weighted by Crippen LogP contribution is 2.29. The second-order valence-electron chi connectivity index (χ2n) is 6.95. The molecule has 0 fully saturated rings. The third-order valence-corrected chi connectivity index (χ3v) is 4.83. The van der Waals surface area contributed by atoms with Crippen molar-refractivity contribution in [1.82, 2.24) is 15.1 Å². The summed E-state index contributed by atoms with van der Waals surface area (Å²) in [6.07, 6.45) is 3.88. The van der Waals surface area contributed by atoms with Gasteiger partial charge in [0, 0.05) is 12.1 Å². The summed E-state index contributed by atoms with van der Waals surface area (Å²) in [5.41, 5.74) is 4.45. The van der Waals surface area contributed by atoms with E-state index in [2.05, 4.69) is 5.32 Å². The largest absolute Gasteiger partial charge is 0.395 e. The van der Waals surface area contributed by atoms with Crippen LogP contribution in [0, 0.1) is 0 Å². The summed E-state index contributed by atoms with van der Waals surface area (Å²) in [5.74, 6) is -0.275. The molecule has 154 valence electrons. The second-order valence-corrected chi connectivity index (χ2v) is 6.95. The van der Waals surface area contributed by atoms with Crippen molar-refractivity contribution in [2.75, 3.05) is 13.2 Å². The lowest BCUT2D eigenvalue weighted by atomic mass is 10.0. The SMILES string of the molecule is O=C(NCCO)c1c(-c2ccccc2)nn(-c2ccccc2)c1/C=C/c1ccccc1. The van der Waals surface area contributed by atoms with Crippen LogP contribution in [-0.2, 0) is 0 Å². The lowest BCUT2D eigenvalue weighted by Gasteiger charge is -2.07. The Kier molecular flexibility index (Phi) is 6.35. The topological polar surface area (TPSA) is 67.2 Å². The first-order valence-electron chi connectivity index (χ1n) is 10.1. The van der Waals surface area contributed by atoms with Crippen molar-refractivity contribution in [1.29, 1.82) is 0 Å². The molecule has 31 heavy (non-hydrogen) atoms. The predicted octanol–water partition coefficient (Wildman–Crippen LogP) is 4.43. The molecule has 2 N–H and O–H groups in total. The maximum Gasteiger partial charge on any atom is 0.255 e. The van der Waals surface area contributed by atoms with Gasteiger partial charge in [0.1, 0.15) is 5.69 Å². The van der Waals surface area contributed by atoms with Gasteiger partial charge in [-0.05, 0) is 23.8 Å². The van der Waals surface area contributed by atoms with Crippen molar-refractivity contribution >= 4 is 18.1 Å².